The third kappa shape index (κ3) is 2.71. The van der Waals surface area contributed by atoms with Crippen molar-refractivity contribution in [1.29, 1.82) is 0 Å². The molecule has 0 unspecified atom stereocenters. The Labute approximate surface area is 188 Å². The summed E-state index contributed by atoms with van der Waals surface area (Å²) in [6, 6.07) is 6.83. The zero-order chi connectivity index (χ0) is 23.2. The molecule has 3 aliphatic heterocycles. The van der Waals surface area contributed by atoms with E-state index in [1.807, 2.05) is 82.9 Å². The van der Waals surface area contributed by atoms with Crippen LogP contribution in [0.1, 0.15) is 47.1 Å². The monoisotopic (exact) mass is 431 g/mol. The molecule has 2 saturated heterocycles. The second-order valence-electron chi connectivity index (χ2n) is 11.1. The largest absolute Gasteiger partial charge is 0.351 e. The molecule has 1 aromatic carbocycles. The smallest absolute Gasteiger partial charge is 0.236 e. The molecule has 4 atom stereocenters. The molecule has 0 saturated carbocycles. The minimum absolute atomic E-state index is 0.0268. The third-order valence-corrected chi connectivity index (χ3v) is 6.92. The molecule has 0 radical (unpaired) electrons. The van der Waals surface area contributed by atoms with Crippen molar-refractivity contribution in [1.82, 2.24) is 9.88 Å². The van der Waals surface area contributed by atoms with Gasteiger partial charge in [-0.2, -0.15) is 0 Å². The van der Waals surface area contributed by atoms with Crippen LogP contribution in [0.25, 0.3) is 17.0 Å². The van der Waals surface area contributed by atoms with E-state index in [-0.39, 0.29) is 23.6 Å². The van der Waals surface area contributed by atoms with Crippen LogP contribution >= 0.6 is 0 Å². The number of rotatable bonds is 1. The average molecular weight is 432 g/mol. The quantitative estimate of drug-likeness (QED) is 0.642. The molecule has 0 aliphatic carbocycles. The van der Waals surface area contributed by atoms with E-state index in [2.05, 4.69) is 4.98 Å². The SMILES string of the molecule is CC(C)(C)C(=O)[C@@H]1[C@@H]2C(=O)N(C(C)(C)C)C(=O)[C@H]2[C@H]2C=Cc3ccc4cccnc4c3N21. The van der Waals surface area contributed by atoms with Gasteiger partial charge in [0.05, 0.1) is 29.1 Å². The Hall–Kier alpha value is -3.02. The van der Waals surface area contributed by atoms with Gasteiger partial charge in [-0.3, -0.25) is 24.3 Å². The molecule has 5 rings (SSSR count). The number of imide groups is 1. The zero-order valence-electron chi connectivity index (χ0n) is 19.4. The first-order valence-corrected chi connectivity index (χ1v) is 11.2. The standard InChI is InChI=1S/C26H29N3O3/c1-25(2,3)22(30)21-18-17(23(31)29(24(18)32)26(4,5)6)16-12-11-15-10-9-14-8-7-13-27-19(14)20(15)28(16)21/h7-13,16-18,21H,1-6H3/t16-,17+,18-,21+/m1/s1. The summed E-state index contributed by atoms with van der Waals surface area (Å²) in [5.74, 6) is -1.74. The summed E-state index contributed by atoms with van der Waals surface area (Å²) in [6.45, 7) is 11.2. The van der Waals surface area contributed by atoms with Crippen LogP contribution in [0.4, 0.5) is 5.69 Å². The van der Waals surface area contributed by atoms with E-state index < -0.39 is 28.8 Å². The number of aromatic nitrogens is 1. The number of anilines is 1. The number of Topliss-reactive ketones (excluding diaryl/α,β-unsaturated/α-hetero) is 1. The third-order valence-electron chi connectivity index (χ3n) is 6.92. The second kappa shape index (κ2) is 6.50. The highest BCUT2D eigenvalue weighted by molar-refractivity contribution is 6.13. The summed E-state index contributed by atoms with van der Waals surface area (Å²) in [4.78, 5) is 49.2. The molecule has 4 heterocycles. The summed E-state index contributed by atoms with van der Waals surface area (Å²) < 4.78 is 0. The van der Waals surface area contributed by atoms with Crippen molar-refractivity contribution < 1.29 is 14.4 Å². The summed E-state index contributed by atoms with van der Waals surface area (Å²) in [5, 5.41) is 0.966. The minimum atomic E-state index is -0.717. The van der Waals surface area contributed by atoms with Crippen LogP contribution in [-0.4, -0.2) is 45.1 Å². The summed E-state index contributed by atoms with van der Waals surface area (Å²) in [7, 11) is 0. The van der Waals surface area contributed by atoms with Gasteiger partial charge in [-0.05, 0) is 32.4 Å². The van der Waals surface area contributed by atoms with Gasteiger partial charge in [0.1, 0.15) is 6.04 Å². The maximum absolute atomic E-state index is 13.9. The van der Waals surface area contributed by atoms with E-state index >= 15 is 0 Å². The van der Waals surface area contributed by atoms with Crippen molar-refractivity contribution in [2.75, 3.05) is 4.90 Å². The Bertz CT molecular complexity index is 1200. The van der Waals surface area contributed by atoms with Gasteiger partial charge < -0.3 is 4.90 Å². The van der Waals surface area contributed by atoms with Crippen molar-refractivity contribution in [3.05, 3.63) is 42.1 Å². The lowest BCUT2D eigenvalue weighted by Crippen LogP contribution is -2.54. The maximum Gasteiger partial charge on any atom is 0.236 e. The lowest BCUT2D eigenvalue weighted by atomic mass is 9.79. The zero-order valence-corrected chi connectivity index (χ0v) is 19.4. The Kier molecular flexibility index (Phi) is 4.24. The van der Waals surface area contributed by atoms with Crippen LogP contribution in [-0.2, 0) is 14.4 Å². The van der Waals surface area contributed by atoms with E-state index in [9.17, 15) is 14.4 Å². The van der Waals surface area contributed by atoms with E-state index in [1.54, 1.807) is 6.20 Å². The van der Waals surface area contributed by atoms with Crippen molar-refractivity contribution in [3.8, 4) is 0 Å². The maximum atomic E-state index is 13.9. The molecule has 2 fully saturated rings. The first-order valence-electron chi connectivity index (χ1n) is 11.2. The molecule has 166 valence electrons. The Morgan fingerprint density at radius 3 is 2.31 bits per heavy atom. The number of hydrogen-bond donors (Lipinski definition) is 0. The topological polar surface area (TPSA) is 70.6 Å². The summed E-state index contributed by atoms with van der Waals surface area (Å²) in [5.41, 5.74) is 1.28. The highest BCUT2D eigenvalue weighted by Crippen LogP contribution is 2.52. The number of carbonyl (C=O) groups excluding carboxylic acids is 3. The fourth-order valence-corrected chi connectivity index (χ4v) is 5.58. The van der Waals surface area contributed by atoms with Crippen LogP contribution in [0, 0.1) is 17.3 Å². The van der Waals surface area contributed by atoms with Crippen LogP contribution in [0.15, 0.2) is 36.5 Å². The Morgan fingerprint density at radius 2 is 1.66 bits per heavy atom. The lowest BCUT2D eigenvalue weighted by molar-refractivity contribution is -0.146. The number of carbonyl (C=O) groups is 3. The van der Waals surface area contributed by atoms with Crippen molar-refractivity contribution >= 4 is 40.3 Å². The van der Waals surface area contributed by atoms with Gasteiger partial charge in [0.15, 0.2) is 5.78 Å². The number of nitrogens with zero attached hydrogens (tertiary/aromatic N) is 3. The highest BCUT2D eigenvalue weighted by Gasteiger charge is 2.66. The predicted molar refractivity (Wildman–Crippen MR) is 124 cm³/mol. The van der Waals surface area contributed by atoms with Gasteiger partial charge in [-0.25, -0.2) is 0 Å². The number of amides is 2. The van der Waals surface area contributed by atoms with E-state index in [4.69, 9.17) is 0 Å². The predicted octanol–water partition coefficient (Wildman–Crippen LogP) is 3.83. The summed E-state index contributed by atoms with van der Waals surface area (Å²) in [6.07, 6.45) is 5.73. The molecule has 0 bridgehead atoms. The Balaban J connectivity index is 1.76. The fourth-order valence-electron chi connectivity index (χ4n) is 5.58. The van der Waals surface area contributed by atoms with Crippen LogP contribution in [0.3, 0.4) is 0 Å². The first-order chi connectivity index (χ1) is 14.9. The first kappa shape index (κ1) is 20.9. The van der Waals surface area contributed by atoms with Crippen molar-refractivity contribution in [2.24, 2.45) is 17.3 Å². The number of ketones is 1. The molecule has 32 heavy (non-hydrogen) atoms. The average Bonchev–Trinajstić information content (AvgIpc) is 3.18. The molecule has 2 amide bonds. The van der Waals surface area contributed by atoms with E-state index in [1.165, 1.54) is 4.90 Å². The van der Waals surface area contributed by atoms with Gasteiger partial charge in [0.2, 0.25) is 11.8 Å². The Morgan fingerprint density at radius 1 is 0.969 bits per heavy atom. The molecular formula is C26H29N3O3. The molecular weight excluding hydrogens is 402 g/mol. The molecule has 6 nitrogen and oxygen atoms in total. The number of hydrogen-bond acceptors (Lipinski definition) is 5. The second-order valence-corrected chi connectivity index (χ2v) is 11.1. The van der Waals surface area contributed by atoms with Gasteiger partial charge in [0, 0.05) is 22.5 Å². The summed E-state index contributed by atoms with van der Waals surface area (Å²) >= 11 is 0. The molecule has 2 aromatic rings. The number of benzene rings is 1. The van der Waals surface area contributed by atoms with E-state index in [0.29, 0.717) is 0 Å². The van der Waals surface area contributed by atoms with Crippen molar-refractivity contribution in [3.63, 3.8) is 0 Å². The van der Waals surface area contributed by atoms with Crippen LogP contribution in [0.5, 0.6) is 0 Å². The highest BCUT2D eigenvalue weighted by atomic mass is 16.2. The number of likely N-dealkylation sites (tertiary alicyclic amines) is 1. The van der Waals surface area contributed by atoms with Gasteiger partial charge in [0.25, 0.3) is 0 Å². The van der Waals surface area contributed by atoms with E-state index in [0.717, 1.165) is 22.2 Å². The normalized spacial score (nSPS) is 27.1. The van der Waals surface area contributed by atoms with Gasteiger partial charge in [-0.15, -0.1) is 0 Å². The number of fused-ring (bicyclic) bond motifs is 7. The van der Waals surface area contributed by atoms with Crippen LogP contribution in [0.2, 0.25) is 0 Å². The minimum Gasteiger partial charge on any atom is -0.351 e. The van der Waals surface area contributed by atoms with Crippen LogP contribution < -0.4 is 4.90 Å². The van der Waals surface area contributed by atoms with Gasteiger partial charge in [-0.1, -0.05) is 51.1 Å². The fraction of sp³-hybridized carbons (Fsp3) is 0.462. The molecule has 3 aliphatic rings. The van der Waals surface area contributed by atoms with Crippen molar-refractivity contribution in [2.45, 2.75) is 59.2 Å². The number of pyridine rings is 1. The molecule has 6 heteroatoms. The van der Waals surface area contributed by atoms with Gasteiger partial charge >= 0.3 is 0 Å². The molecule has 1 aromatic heterocycles. The lowest BCUT2D eigenvalue weighted by Gasteiger charge is -2.40. The molecule has 0 spiro atoms. The molecule has 0 N–H and O–H groups in total.